The summed E-state index contributed by atoms with van der Waals surface area (Å²) < 4.78 is -1.09. The second kappa shape index (κ2) is 4.66. The zero-order valence-electron chi connectivity index (χ0n) is 6.20. The lowest BCUT2D eigenvalue weighted by Crippen LogP contribution is -2.22. The van der Waals surface area contributed by atoms with Gasteiger partial charge in [-0.15, -0.1) is 0 Å². The average molecular weight is 205 g/mol. The van der Waals surface area contributed by atoms with Crippen molar-refractivity contribution in [3.63, 3.8) is 0 Å². The molecule has 10 heavy (non-hydrogen) atoms. The van der Waals surface area contributed by atoms with Crippen molar-refractivity contribution in [1.82, 2.24) is 4.90 Å². The molecule has 0 atom stereocenters. The van der Waals surface area contributed by atoms with E-state index in [1.807, 2.05) is 7.05 Å². The largest absolute Gasteiger partial charge is 0.306 e. The molecule has 0 unspecified atom stereocenters. The number of hydrogen-bond acceptors (Lipinski definition) is 1. The highest BCUT2D eigenvalue weighted by Gasteiger charge is 2.19. The normalized spacial score (nSPS) is 12.6. The third kappa shape index (κ3) is 6.94. The maximum atomic E-state index is 5.54. The highest BCUT2D eigenvalue weighted by Crippen LogP contribution is 2.29. The van der Waals surface area contributed by atoms with Crippen LogP contribution >= 0.6 is 34.8 Å². The predicted octanol–water partition coefficient (Wildman–Crippen LogP) is 2.70. The molecule has 0 rings (SSSR count). The molecule has 0 amide bonds. The van der Waals surface area contributed by atoms with Crippen LogP contribution in [0.25, 0.3) is 0 Å². The van der Waals surface area contributed by atoms with Crippen LogP contribution in [-0.4, -0.2) is 28.8 Å². The number of hydrogen-bond donors (Lipinski definition) is 0. The zero-order valence-corrected chi connectivity index (χ0v) is 8.47. The molecule has 0 spiro atoms. The number of alkyl halides is 3. The Morgan fingerprint density at radius 2 is 1.80 bits per heavy atom. The van der Waals surface area contributed by atoms with Gasteiger partial charge in [0, 0.05) is 13.0 Å². The van der Waals surface area contributed by atoms with Gasteiger partial charge in [0.05, 0.1) is 0 Å². The molecule has 0 aliphatic heterocycles. The topological polar surface area (TPSA) is 3.24 Å². The molecular formula is C6H12Cl3N. The molecule has 0 aromatic carbocycles. The molecule has 62 valence electrons. The molecule has 0 bridgehead atoms. The standard InChI is InChI=1S/C6H12Cl3N/c1-3-10(2)5-4-6(7,8)9/h3-5H2,1-2H3. The van der Waals surface area contributed by atoms with Crippen LogP contribution < -0.4 is 0 Å². The molecule has 0 aliphatic rings. The molecule has 4 heteroatoms. The van der Waals surface area contributed by atoms with Crippen molar-refractivity contribution in [2.45, 2.75) is 17.1 Å². The number of rotatable bonds is 3. The van der Waals surface area contributed by atoms with E-state index < -0.39 is 3.79 Å². The molecule has 0 aliphatic carbocycles. The first kappa shape index (κ1) is 10.8. The maximum Gasteiger partial charge on any atom is 0.191 e. The van der Waals surface area contributed by atoms with Crippen molar-refractivity contribution in [1.29, 1.82) is 0 Å². The predicted molar refractivity (Wildman–Crippen MR) is 48.1 cm³/mol. The van der Waals surface area contributed by atoms with Crippen molar-refractivity contribution < 1.29 is 0 Å². The number of halogens is 3. The van der Waals surface area contributed by atoms with Crippen LogP contribution in [0.5, 0.6) is 0 Å². The van der Waals surface area contributed by atoms with Gasteiger partial charge >= 0.3 is 0 Å². The lowest BCUT2D eigenvalue weighted by Gasteiger charge is -2.17. The van der Waals surface area contributed by atoms with Crippen LogP contribution in [0.15, 0.2) is 0 Å². The highest BCUT2D eigenvalue weighted by atomic mass is 35.6. The van der Waals surface area contributed by atoms with Gasteiger partial charge in [0.2, 0.25) is 0 Å². The van der Waals surface area contributed by atoms with Gasteiger partial charge in [-0.25, -0.2) is 0 Å². The minimum atomic E-state index is -1.09. The Bertz CT molecular complexity index is 89.5. The van der Waals surface area contributed by atoms with Gasteiger partial charge in [-0.1, -0.05) is 41.7 Å². The summed E-state index contributed by atoms with van der Waals surface area (Å²) in [5.41, 5.74) is 0. The lowest BCUT2D eigenvalue weighted by atomic mass is 10.4. The molecule has 0 radical (unpaired) electrons. The van der Waals surface area contributed by atoms with E-state index in [1.54, 1.807) is 0 Å². The Hall–Kier alpha value is 0.830. The smallest absolute Gasteiger partial charge is 0.191 e. The van der Waals surface area contributed by atoms with Gasteiger partial charge in [-0.3, -0.25) is 0 Å². The Kier molecular flexibility index (Phi) is 5.04. The summed E-state index contributed by atoms with van der Waals surface area (Å²) in [6.07, 6.45) is 0.585. The van der Waals surface area contributed by atoms with Crippen LogP contribution in [0.2, 0.25) is 0 Å². The second-order valence-electron chi connectivity index (χ2n) is 2.26. The summed E-state index contributed by atoms with van der Waals surface area (Å²) in [5, 5.41) is 0. The molecular weight excluding hydrogens is 192 g/mol. The van der Waals surface area contributed by atoms with Gasteiger partial charge in [0.1, 0.15) is 0 Å². The third-order valence-corrected chi connectivity index (χ3v) is 1.88. The summed E-state index contributed by atoms with van der Waals surface area (Å²) in [5.74, 6) is 0. The van der Waals surface area contributed by atoms with E-state index in [1.165, 1.54) is 0 Å². The van der Waals surface area contributed by atoms with Gasteiger partial charge in [0.25, 0.3) is 0 Å². The summed E-state index contributed by atoms with van der Waals surface area (Å²) in [6.45, 7) is 3.88. The first-order valence-electron chi connectivity index (χ1n) is 3.21. The van der Waals surface area contributed by atoms with Crippen LogP contribution in [0.1, 0.15) is 13.3 Å². The maximum absolute atomic E-state index is 5.54. The zero-order chi connectivity index (χ0) is 8.20. The molecule has 0 N–H and O–H groups in total. The van der Waals surface area contributed by atoms with Crippen molar-refractivity contribution in [2.24, 2.45) is 0 Å². The minimum Gasteiger partial charge on any atom is -0.306 e. The molecule has 0 fully saturated rings. The van der Waals surface area contributed by atoms with Crippen molar-refractivity contribution in [2.75, 3.05) is 20.1 Å². The van der Waals surface area contributed by atoms with E-state index in [0.717, 1.165) is 13.1 Å². The first-order chi connectivity index (χ1) is 4.45. The van der Waals surface area contributed by atoms with Gasteiger partial charge < -0.3 is 4.90 Å². The molecule has 0 saturated heterocycles. The third-order valence-electron chi connectivity index (χ3n) is 1.32. The Labute approximate surface area is 77.2 Å². The number of nitrogens with zero attached hydrogens (tertiary/aromatic N) is 1. The van der Waals surface area contributed by atoms with Gasteiger partial charge in [0.15, 0.2) is 3.79 Å². The molecule has 0 aromatic rings. The Morgan fingerprint density at radius 3 is 2.10 bits per heavy atom. The SMILES string of the molecule is CCN(C)CCC(Cl)(Cl)Cl. The molecule has 0 saturated carbocycles. The fraction of sp³-hybridized carbons (Fsp3) is 1.00. The van der Waals surface area contributed by atoms with E-state index in [2.05, 4.69) is 11.8 Å². The van der Waals surface area contributed by atoms with E-state index in [-0.39, 0.29) is 0 Å². The van der Waals surface area contributed by atoms with Crippen molar-refractivity contribution in [3.05, 3.63) is 0 Å². The highest BCUT2D eigenvalue weighted by molar-refractivity contribution is 6.67. The van der Waals surface area contributed by atoms with E-state index >= 15 is 0 Å². The fourth-order valence-corrected chi connectivity index (χ4v) is 0.729. The summed E-state index contributed by atoms with van der Waals surface area (Å²) in [6, 6.07) is 0. The van der Waals surface area contributed by atoms with Gasteiger partial charge in [-0.05, 0) is 13.6 Å². The minimum absolute atomic E-state index is 0.585. The van der Waals surface area contributed by atoms with Crippen molar-refractivity contribution >= 4 is 34.8 Å². The molecule has 0 aromatic heterocycles. The van der Waals surface area contributed by atoms with E-state index in [4.69, 9.17) is 34.8 Å². The van der Waals surface area contributed by atoms with Crippen LogP contribution in [0.3, 0.4) is 0 Å². The fourth-order valence-electron chi connectivity index (χ4n) is 0.476. The quantitative estimate of drug-likeness (QED) is 0.639. The molecule has 1 nitrogen and oxygen atoms in total. The van der Waals surface area contributed by atoms with E-state index in [0.29, 0.717) is 6.42 Å². The Balaban J connectivity index is 3.36. The monoisotopic (exact) mass is 203 g/mol. The molecule has 0 heterocycles. The van der Waals surface area contributed by atoms with Crippen LogP contribution in [0, 0.1) is 0 Å². The van der Waals surface area contributed by atoms with Gasteiger partial charge in [-0.2, -0.15) is 0 Å². The van der Waals surface area contributed by atoms with Crippen LogP contribution in [0.4, 0.5) is 0 Å². The first-order valence-corrected chi connectivity index (χ1v) is 4.34. The van der Waals surface area contributed by atoms with E-state index in [9.17, 15) is 0 Å². The average Bonchev–Trinajstić information content (AvgIpc) is 1.81. The summed E-state index contributed by atoms with van der Waals surface area (Å²) >= 11 is 16.6. The second-order valence-corrected chi connectivity index (χ2v) is 4.78. The van der Waals surface area contributed by atoms with Crippen molar-refractivity contribution in [3.8, 4) is 0 Å². The summed E-state index contributed by atoms with van der Waals surface area (Å²) in [7, 11) is 2.00. The van der Waals surface area contributed by atoms with Crippen LogP contribution in [-0.2, 0) is 0 Å². The Morgan fingerprint density at radius 1 is 1.30 bits per heavy atom. The summed E-state index contributed by atoms with van der Waals surface area (Å²) in [4.78, 5) is 2.10. The lowest BCUT2D eigenvalue weighted by molar-refractivity contribution is 0.349.